The van der Waals surface area contributed by atoms with Crippen LogP contribution in [0.2, 0.25) is 0 Å². The molecule has 0 amide bonds. The Labute approximate surface area is 437 Å². The maximum Gasteiger partial charge on any atom is 0.338 e. The van der Waals surface area contributed by atoms with Gasteiger partial charge in [-0.3, -0.25) is 23.3 Å². The van der Waals surface area contributed by atoms with E-state index in [9.17, 15) is 37.9 Å². The van der Waals surface area contributed by atoms with Crippen LogP contribution in [0.15, 0.2) is 165 Å². The average Bonchev–Trinajstić information content (AvgIpc) is 4.02. The van der Waals surface area contributed by atoms with Crippen LogP contribution in [0, 0.1) is 0 Å². The number of ether oxygens (including phenoxy) is 8. The van der Waals surface area contributed by atoms with Crippen molar-refractivity contribution in [1.82, 2.24) is 18.3 Å². The van der Waals surface area contributed by atoms with E-state index in [1.165, 1.54) is 35.8 Å². The van der Waals surface area contributed by atoms with Crippen LogP contribution in [0.1, 0.15) is 64.1 Å². The number of hydrogen-bond donors (Lipinski definition) is 0. The molecule has 4 heterocycles. The van der Waals surface area contributed by atoms with Crippen LogP contribution in [0.3, 0.4) is 0 Å². The van der Waals surface area contributed by atoms with E-state index in [4.69, 9.17) is 42.4 Å². The first-order chi connectivity index (χ1) is 36.5. The standard InChI is InChI=1S/C27H31N2O9P.C26H29N2O8P/c1-3-36-39(2,33)19-35-24-16-22(37-26(31)21-12-8-5-9-13-21)25(38-24)28-15-14-23(30)29(27(28)32)18-34-17-20-10-6-4-7-11-20;1-37(2,32)18-34-23-15-21(35-25(30)20-11-7-4-8-12-20)24(36-23)27-14-13-22(29)28(26(27)31)17-33-16-19-9-5-3-6-10-19/h4-15,22,24-25H,3,16-19H2,1-2H3;3-14,21,23-24H,15-18H2,1-2H3/t22-,24-,25+,39?;21-,23+,24+/m00/s1. The van der Waals surface area contributed by atoms with E-state index in [-0.39, 0.29) is 58.8 Å². The Kier molecular flexibility index (Phi) is 20.2. The molecular formula is C53H60N4O17P2. The van der Waals surface area contributed by atoms with Crippen molar-refractivity contribution >= 4 is 26.4 Å². The second-order valence-electron chi connectivity index (χ2n) is 18.1. The third-order valence-electron chi connectivity index (χ3n) is 11.5. The van der Waals surface area contributed by atoms with Crippen LogP contribution in [-0.2, 0) is 78.2 Å². The zero-order chi connectivity index (χ0) is 54.2. The predicted molar refractivity (Wildman–Crippen MR) is 277 cm³/mol. The van der Waals surface area contributed by atoms with E-state index >= 15 is 0 Å². The van der Waals surface area contributed by atoms with Crippen molar-refractivity contribution in [3.63, 3.8) is 0 Å². The number of carbonyl (C=O) groups excluding carboxylic acids is 2. The summed E-state index contributed by atoms with van der Waals surface area (Å²) in [5.41, 5.74) is -0.0731. The van der Waals surface area contributed by atoms with E-state index < -0.39 is 86.2 Å². The highest BCUT2D eigenvalue weighted by Crippen LogP contribution is 2.44. The van der Waals surface area contributed by atoms with Crippen molar-refractivity contribution in [1.29, 1.82) is 0 Å². The normalized spacial score (nSPS) is 20.0. The molecule has 21 nitrogen and oxygen atoms in total. The third kappa shape index (κ3) is 16.2. The largest absolute Gasteiger partial charge is 0.454 e. The zero-order valence-corrected chi connectivity index (χ0v) is 44.1. The summed E-state index contributed by atoms with van der Waals surface area (Å²) in [6.07, 6.45) is -3.36. The lowest BCUT2D eigenvalue weighted by atomic mass is 10.2. The molecule has 2 aromatic heterocycles. The van der Waals surface area contributed by atoms with Gasteiger partial charge in [0.15, 0.2) is 37.2 Å². The van der Waals surface area contributed by atoms with E-state index in [0.717, 1.165) is 24.8 Å². The summed E-state index contributed by atoms with van der Waals surface area (Å²) in [5, 5.41) is 0. The molecule has 0 saturated carbocycles. The minimum atomic E-state index is -3.03. The van der Waals surface area contributed by atoms with Crippen LogP contribution in [0.5, 0.6) is 0 Å². The minimum Gasteiger partial charge on any atom is -0.454 e. The molecule has 23 heteroatoms. The minimum absolute atomic E-state index is 0.0362. The Morgan fingerprint density at radius 3 is 1.32 bits per heavy atom. The van der Waals surface area contributed by atoms with E-state index in [1.807, 2.05) is 60.7 Å². The van der Waals surface area contributed by atoms with Gasteiger partial charge in [-0.2, -0.15) is 0 Å². The van der Waals surface area contributed by atoms with Crippen LogP contribution >= 0.6 is 14.5 Å². The molecule has 2 fully saturated rings. The molecule has 0 bridgehead atoms. The quantitative estimate of drug-likeness (QED) is 0.0500. The molecule has 7 atom stereocenters. The van der Waals surface area contributed by atoms with E-state index in [2.05, 4.69) is 0 Å². The number of aromatic nitrogens is 4. The zero-order valence-electron chi connectivity index (χ0n) is 42.3. The van der Waals surface area contributed by atoms with Gasteiger partial charge in [0.1, 0.15) is 33.3 Å². The summed E-state index contributed by atoms with van der Waals surface area (Å²) in [7, 11) is -5.54. The van der Waals surface area contributed by atoms with Crippen molar-refractivity contribution in [3.05, 3.63) is 210 Å². The van der Waals surface area contributed by atoms with Crippen molar-refractivity contribution in [3.8, 4) is 0 Å². The summed E-state index contributed by atoms with van der Waals surface area (Å²) in [5.74, 6) is -1.21. The molecule has 8 rings (SSSR count). The van der Waals surface area contributed by atoms with Gasteiger partial charge in [-0.05, 0) is 55.6 Å². The number of nitrogens with zero attached hydrogens (tertiary/aromatic N) is 4. The summed E-state index contributed by atoms with van der Waals surface area (Å²) < 4.78 is 79.9. The van der Waals surface area contributed by atoms with Gasteiger partial charge in [0.05, 0.1) is 30.9 Å². The second-order valence-corrected chi connectivity index (χ2v) is 24.0. The lowest BCUT2D eigenvalue weighted by Gasteiger charge is -2.22. The number of carbonyl (C=O) groups is 2. The fourth-order valence-corrected chi connectivity index (χ4v) is 9.41. The molecule has 404 valence electrons. The number of esters is 2. The van der Waals surface area contributed by atoms with Crippen molar-refractivity contribution in [2.75, 3.05) is 39.3 Å². The summed E-state index contributed by atoms with van der Waals surface area (Å²) in [6, 6.07) is 37.9. The van der Waals surface area contributed by atoms with Crippen LogP contribution in [0.25, 0.3) is 0 Å². The fourth-order valence-electron chi connectivity index (χ4n) is 7.82. The maximum atomic E-state index is 13.3. The molecule has 0 spiro atoms. The highest BCUT2D eigenvalue weighted by atomic mass is 31.2. The summed E-state index contributed by atoms with van der Waals surface area (Å²) in [6.45, 7) is 6.45. The van der Waals surface area contributed by atoms with Gasteiger partial charge in [0.25, 0.3) is 11.1 Å². The lowest BCUT2D eigenvalue weighted by molar-refractivity contribution is -0.147. The van der Waals surface area contributed by atoms with Crippen molar-refractivity contribution in [2.24, 2.45) is 0 Å². The SMILES string of the molecule is CCOP(C)(=O)CO[C@@H]1C[C@H](OC(=O)c2ccccc2)[C@H](n2ccc(=O)n(COCc3ccccc3)c2=O)O1.CP(C)(=O)CO[C@H]1C[C@H](OC(=O)c2ccccc2)[C@H](n2ccc(=O)n(COCc3ccccc3)c2=O)O1. The van der Waals surface area contributed by atoms with Gasteiger partial charge >= 0.3 is 23.3 Å². The summed E-state index contributed by atoms with van der Waals surface area (Å²) >= 11 is 0. The Bertz CT molecular complexity index is 3200. The Morgan fingerprint density at radius 2 is 0.934 bits per heavy atom. The molecule has 4 aromatic carbocycles. The topological polar surface area (TPSA) is 239 Å². The Balaban J connectivity index is 0.000000221. The molecule has 0 aliphatic carbocycles. The second kappa shape index (κ2) is 26.9. The molecule has 76 heavy (non-hydrogen) atoms. The van der Waals surface area contributed by atoms with Crippen molar-refractivity contribution < 1.29 is 61.1 Å². The van der Waals surface area contributed by atoms with Crippen LogP contribution in [-0.4, -0.2) is 94.3 Å². The lowest BCUT2D eigenvalue weighted by Crippen LogP contribution is -2.43. The van der Waals surface area contributed by atoms with Gasteiger partial charge < -0.3 is 47.0 Å². The molecule has 1 unspecified atom stereocenters. The fraction of sp³-hybridized carbons (Fsp3) is 0.358. The van der Waals surface area contributed by atoms with E-state index in [0.29, 0.717) is 11.1 Å². The number of benzene rings is 4. The highest BCUT2D eigenvalue weighted by Gasteiger charge is 2.43. The van der Waals surface area contributed by atoms with Gasteiger partial charge in [-0.1, -0.05) is 97.1 Å². The van der Waals surface area contributed by atoms with Crippen LogP contribution < -0.4 is 22.5 Å². The van der Waals surface area contributed by atoms with Gasteiger partial charge in [-0.25, -0.2) is 28.3 Å². The smallest absolute Gasteiger partial charge is 0.338 e. The predicted octanol–water partition coefficient (Wildman–Crippen LogP) is 6.83. The van der Waals surface area contributed by atoms with E-state index in [1.54, 1.807) is 80.9 Å². The molecule has 2 aliphatic rings. The first kappa shape index (κ1) is 57.1. The Hall–Kier alpha value is -6.64. The number of rotatable bonds is 22. The average molecular weight is 1090 g/mol. The van der Waals surface area contributed by atoms with Gasteiger partial charge in [0, 0.05) is 44.0 Å². The van der Waals surface area contributed by atoms with Crippen molar-refractivity contribution in [2.45, 2.75) is 83.7 Å². The molecule has 0 radical (unpaired) electrons. The molecule has 0 N–H and O–H groups in total. The maximum absolute atomic E-state index is 13.3. The Morgan fingerprint density at radius 1 is 0.553 bits per heavy atom. The molecular weight excluding hydrogens is 1030 g/mol. The molecule has 2 saturated heterocycles. The number of hydrogen-bond acceptors (Lipinski definition) is 17. The summed E-state index contributed by atoms with van der Waals surface area (Å²) in [4.78, 5) is 77.2. The first-order valence-electron chi connectivity index (χ1n) is 24.2. The first-order valence-corrected chi connectivity index (χ1v) is 29.2. The molecule has 6 aromatic rings. The van der Waals surface area contributed by atoms with Crippen LogP contribution in [0.4, 0.5) is 0 Å². The third-order valence-corrected chi connectivity index (χ3v) is 13.7. The monoisotopic (exact) mass is 1090 g/mol. The van der Waals surface area contributed by atoms with Gasteiger partial charge in [0.2, 0.25) is 7.37 Å². The van der Waals surface area contributed by atoms with Gasteiger partial charge in [-0.15, -0.1) is 0 Å². The highest BCUT2D eigenvalue weighted by molar-refractivity contribution is 7.62. The molecule has 2 aliphatic heterocycles.